The standard InChI is InChI=1S/C15H21NO4/c1-15(2,3)20-14(19)16-9-8-11-4-6-12(7-5-11)10-13(17)18/h4-7H,8-10H2,1-3H3,(H,16,19)(H,17,18). The van der Waals surface area contributed by atoms with Gasteiger partial charge in [-0.05, 0) is 38.3 Å². The van der Waals surface area contributed by atoms with Crippen molar-refractivity contribution < 1.29 is 19.4 Å². The fourth-order valence-electron chi connectivity index (χ4n) is 1.62. The molecule has 0 spiro atoms. The molecule has 0 aliphatic carbocycles. The second kappa shape index (κ2) is 6.93. The molecule has 0 aromatic heterocycles. The highest BCUT2D eigenvalue weighted by Gasteiger charge is 2.15. The lowest BCUT2D eigenvalue weighted by molar-refractivity contribution is -0.136. The van der Waals surface area contributed by atoms with Crippen molar-refractivity contribution in [2.75, 3.05) is 6.54 Å². The van der Waals surface area contributed by atoms with Crippen LogP contribution in [0.15, 0.2) is 24.3 Å². The fraction of sp³-hybridized carbons (Fsp3) is 0.467. The average molecular weight is 279 g/mol. The van der Waals surface area contributed by atoms with Crippen LogP contribution in [-0.2, 0) is 22.4 Å². The van der Waals surface area contributed by atoms with Gasteiger partial charge in [0.15, 0.2) is 0 Å². The Hall–Kier alpha value is -2.04. The van der Waals surface area contributed by atoms with E-state index in [1.54, 1.807) is 12.1 Å². The van der Waals surface area contributed by atoms with Gasteiger partial charge in [0, 0.05) is 6.54 Å². The van der Waals surface area contributed by atoms with E-state index in [1.165, 1.54) is 0 Å². The summed E-state index contributed by atoms with van der Waals surface area (Å²) in [5, 5.41) is 11.3. The molecule has 5 heteroatoms. The van der Waals surface area contributed by atoms with Crippen molar-refractivity contribution in [3.8, 4) is 0 Å². The van der Waals surface area contributed by atoms with Gasteiger partial charge in [0.2, 0.25) is 0 Å². The van der Waals surface area contributed by atoms with E-state index in [4.69, 9.17) is 9.84 Å². The zero-order valence-electron chi connectivity index (χ0n) is 12.1. The van der Waals surface area contributed by atoms with Gasteiger partial charge >= 0.3 is 12.1 Å². The number of hydrogen-bond donors (Lipinski definition) is 2. The molecule has 0 heterocycles. The lowest BCUT2D eigenvalue weighted by Gasteiger charge is -2.19. The summed E-state index contributed by atoms with van der Waals surface area (Å²) in [6.07, 6.45) is 0.267. The Morgan fingerprint density at radius 2 is 1.70 bits per heavy atom. The topological polar surface area (TPSA) is 75.6 Å². The van der Waals surface area contributed by atoms with Gasteiger partial charge < -0.3 is 15.2 Å². The third-order valence-corrected chi connectivity index (χ3v) is 2.46. The molecule has 5 nitrogen and oxygen atoms in total. The zero-order valence-corrected chi connectivity index (χ0v) is 12.1. The van der Waals surface area contributed by atoms with E-state index in [1.807, 2.05) is 32.9 Å². The quantitative estimate of drug-likeness (QED) is 0.867. The second-order valence-electron chi connectivity index (χ2n) is 5.57. The second-order valence-corrected chi connectivity index (χ2v) is 5.57. The average Bonchev–Trinajstić information content (AvgIpc) is 2.28. The third kappa shape index (κ3) is 6.78. The largest absolute Gasteiger partial charge is 0.481 e. The lowest BCUT2D eigenvalue weighted by atomic mass is 10.1. The van der Waals surface area contributed by atoms with Gasteiger partial charge in [0.1, 0.15) is 5.60 Å². The number of ether oxygens (including phenoxy) is 1. The van der Waals surface area contributed by atoms with E-state index in [0.717, 1.165) is 11.1 Å². The predicted molar refractivity (Wildman–Crippen MR) is 75.7 cm³/mol. The van der Waals surface area contributed by atoms with E-state index in [0.29, 0.717) is 13.0 Å². The minimum absolute atomic E-state index is 0.0242. The highest BCUT2D eigenvalue weighted by atomic mass is 16.6. The van der Waals surface area contributed by atoms with Gasteiger partial charge in [-0.2, -0.15) is 0 Å². The first-order chi connectivity index (χ1) is 9.26. The molecule has 1 amide bonds. The van der Waals surface area contributed by atoms with Gasteiger partial charge in [0.25, 0.3) is 0 Å². The summed E-state index contributed by atoms with van der Waals surface area (Å²) in [5.74, 6) is -0.843. The Morgan fingerprint density at radius 1 is 1.15 bits per heavy atom. The van der Waals surface area contributed by atoms with Crippen molar-refractivity contribution in [3.05, 3.63) is 35.4 Å². The molecule has 1 rings (SSSR count). The molecule has 0 bridgehead atoms. The van der Waals surface area contributed by atoms with Crippen LogP contribution < -0.4 is 5.32 Å². The van der Waals surface area contributed by atoms with Crippen molar-refractivity contribution in [1.82, 2.24) is 5.32 Å². The van der Waals surface area contributed by atoms with Crippen LogP contribution in [-0.4, -0.2) is 29.3 Å². The van der Waals surface area contributed by atoms with E-state index in [2.05, 4.69) is 5.32 Å². The summed E-state index contributed by atoms with van der Waals surface area (Å²) in [5.41, 5.74) is 1.30. The Bertz CT molecular complexity index is 460. The lowest BCUT2D eigenvalue weighted by Crippen LogP contribution is -2.33. The first-order valence-corrected chi connectivity index (χ1v) is 6.53. The molecule has 0 saturated carbocycles. The minimum Gasteiger partial charge on any atom is -0.481 e. The number of carboxylic acid groups (broad SMARTS) is 1. The summed E-state index contributed by atoms with van der Waals surface area (Å²) < 4.78 is 5.12. The number of hydrogen-bond acceptors (Lipinski definition) is 3. The first kappa shape index (κ1) is 16.0. The normalized spacial score (nSPS) is 10.9. The van der Waals surface area contributed by atoms with Crippen molar-refractivity contribution in [2.24, 2.45) is 0 Å². The van der Waals surface area contributed by atoms with Crippen molar-refractivity contribution >= 4 is 12.1 Å². The molecular weight excluding hydrogens is 258 g/mol. The Morgan fingerprint density at radius 3 is 2.20 bits per heavy atom. The molecule has 0 radical (unpaired) electrons. The smallest absolute Gasteiger partial charge is 0.407 e. The number of carbonyl (C=O) groups is 2. The summed E-state index contributed by atoms with van der Waals surface area (Å²) >= 11 is 0. The number of amides is 1. The van der Waals surface area contributed by atoms with E-state index < -0.39 is 17.7 Å². The number of rotatable bonds is 5. The number of alkyl carbamates (subject to hydrolysis) is 1. The molecule has 0 fully saturated rings. The molecule has 0 aliphatic heterocycles. The molecule has 1 aromatic rings. The third-order valence-electron chi connectivity index (χ3n) is 2.46. The highest BCUT2D eigenvalue weighted by Crippen LogP contribution is 2.07. The summed E-state index contributed by atoms with van der Waals surface area (Å²) in [6, 6.07) is 7.32. The summed E-state index contributed by atoms with van der Waals surface area (Å²) in [7, 11) is 0. The van der Waals surface area contributed by atoms with Crippen LogP contribution in [0.5, 0.6) is 0 Å². The van der Waals surface area contributed by atoms with Crippen LogP contribution in [0.4, 0.5) is 4.79 Å². The van der Waals surface area contributed by atoms with E-state index in [-0.39, 0.29) is 6.42 Å². The van der Waals surface area contributed by atoms with Gasteiger partial charge in [-0.25, -0.2) is 4.79 Å². The minimum atomic E-state index is -0.843. The number of carboxylic acids is 1. The Balaban J connectivity index is 2.35. The van der Waals surface area contributed by atoms with Gasteiger partial charge in [-0.15, -0.1) is 0 Å². The molecule has 20 heavy (non-hydrogen) atoms. The number of aliphatic carboxylic acids is 1. The van der Waals surface area contributed by atoms with Crippen molar-refractivity contribution in [1.29, 1.82) is 0 Å². The summed E-state index contributed by atoms with van der Waals surface area (Å²) in [6.45, 7) is 5.92. The molecule has 1 aromatic carbocycles. The van der Waals surface area contributed by atoms with Crippen LogP contribution >= 0.6 is 0 Å². The monoisotopic (exact) mass is 279 g/mol. The fourth-order valence-corrected chi connectivity index (χ4v) is 1.62. The van der Waals surface area contributed by atoms with Gasteiger partial charge in [-0.3, -0.25) is 4.79 Å². The molecule has 0 unspecified atom stereocenters. The maximum atomic E-state index is 11.4. The maximum Gasteiger partial charge on any atom is 0.407 e. The Kier molecular flexibility index (Phi) is 5.55. The Labute approximate surface area is 118 Å². The molecular formula is C15H21NO4. The van der Waals surface area contributed by atoms with Crippen LogP contribution in [0.3, 0.4) is 0 Å². The van der Waals surface area contributed by atoms with Crippen molar-refractivity contribution in [2.45, 2.75) is 39.2 Å². The highest BCUT2D eigenvalue weighted by molar-refractivity contribution is 5.70. The van der Waals surface area contributed by atoms with Crippen LogP contribution in [0.25, 0.3) is 0 Å². The van der Waals surface area contributed by atoms with Crippen LogP contribution in [0, 0.1) is 0 Å². The van der Waals surface area contributed by atoms with Gasteiger partial charge in [0.05, 0.1) is 6.42 Å². The molecule has 2 N–H and O–H groups in total. The SMILES string of the molecule is CC(C)(C)OC(=O)NCCc1ccc(CC(=O)O)cc1. The zero-order chi connectivity index (χ0) is 15.2. The summed E-state index contributed by atoms with van der Waals surface area (Å²) in [4.78, 5) is 22.0. The number of benzene rings is 1. The molecule has 110 valence electrons. The maximum absolute atomic E-state index is 11.4. The number of nitrogens with one attached hydrogen (secondary N) is 1. The predicted octanol–water partition coefficient (Wildman–Crippen LogP) is 2.38. The first-order valence-electron chi connectivity index (χ1n) is 6.53. The van der Waals surface area contributed by atoms with E-state index in [9.17, 15) is 9.59 Å². The number of carbonyl (C=O) groups excluding carboxylic acids is 1. The van der Waals surface area contributed by atoms with Crippen molar-refractivity contribution in [3.63, 3.8) is 0 Å². The van der Waals surface area contributed by atoms with Crippen LogP contribution in [0.2, 0.25) is 0 Å². The van der Waals surface area contributed by atoms with Gasteiger partial charge in [-0.1, -0.05) is 24.3 Å². The molecule has 0 saturated heterocycles. The van der Waals surface area contributed by atoms with E-state index >= 15 is 0 Å². The molecule has 0 atom stereocenters. The molecule has 0 aliphatic rings. The van der Waals surface area contributed by atoms with Crippen LogP contribution in [0.1, 0.15) is 31.9 Å².